The molecule has 124 valence electrons. The van der Waals surface area contributed by atoms with Crippen molar-refractivity contribution < 1.29 is 4.79 Å². The van der Waals surface area contributed by atoms with E-state index < -0.39 is 0 Å². The first-order chi connectivity index (χ1) is 11.3. The smallest absolute Gasteiger partial charge is 0.226 e. The lowest BCUT2D eigenvalue weighted by Gasteiger charge is -2.30. The van der Waals surface area contributed by atoms with Gasteiger partial charge in [-0.05, 0) is 84.8 Å². The second-order valence-electron chi connectivity index (χ2n) is 8.21. The highest BCUT2D eigenvalue weighted by Crippen LogP contribution is 2.61. The van der Waals surface area contributed by atoms with Gasteiger partial charge in [-0.15, -0.1) is 0 Å². The van der Waals surface area contributed by atoms with Crippen LogP contribution in [0.5, 0.6) is 0 Å². The van der Waals surface area contributed by atoms with Crippen LogP contribution in [0.2, 0.25) is 0 Å². The van der Waals surface area contributed by atoms with Crippen molar-refractivity contribution >= 4 is 17.2 Å². The Kier molecular flexibility index (Phi) is 3.35. The first-order valence-corrected chi connectivity index (χ1v) is 10.3. The maximum Gasteiger partial charge on any atom is 0.226 e. The fraction of sp³-hybridized carbons (Fsp3) is 0.737. The molecule has 4 heteroatoms. The zero-order chi connectivity index (χ0) is 15.4. The summed E-state index contributed by atoms with van der Waals surface area (Å²) in [6.45, 7) is 3.11. The van der Waals surface area contributed by atoms with E-state index in [1.165, 1.54) is 44.1 Å². The molecule has 0 bridgehead atoms. The molecule has 5 rings (SSSR count). The van der Waals surface area contributed by atoms with Crippen molar-refractivity contribution in [3.05, 3.63) is 22.4 Å². The zero-order valence-electron chi connectivity index (χ0n) is 13.7. The molecule has 1 spiro atoms. The number of amides is 1. The summed E-state index contributed by atoms with van der Waals surface area (Å²) in [5, 5.41) is 7.83. The van der Waals surface area contributed by atoms with Gasteiger partial charge in [-0.2, -0.15) is 11.3 Å². The van der Waals surface area contributed by atoms with Crippen molar-refractivity contribution in [3.63, 3.8) is 0 Å². The van der Waals surface area contributed by atoms with Crippen LogP contribution in [0.4, 0.5) is 0 Å². The van der Waals surface area contributed by atoms with Crippen LogP contribution < -0.4 is 5.32 Å². The molecule has 2 heterocycles. The van der Waals surface area contributed by atoms with Crippen LogP contribution in [-0.4, -0.2) is 29.9 Å². The minimum absolute atomic E-state index is 0.377. The van der Waals surface area contributed by atoms with Crippen LogP contribution in [0.15, 0.2) is 16.8 Å². The summed E-state index contributed by atoms with van der Waals surface area (Å²) in [5.74, 6) is 2.33. The zero-order valence-corrected chi connectivity index (χ0v) is 14.5. The third-order valence-corrected chi connectivity index (χ3v) is 7.76. The first kappa shape index (κ1) is 14.5. The van der Waals surface area contributed by atoms with Gasteiger partial charge in [0, 0.05) is 18.5 Å². The van der Waals surface area contributed by atoms with Crippen LogP contribution in [0.1, 0.15) is 44.1 Å². The third-order valence-electron chi connectivity index (χ3n) is 7.03. The van der Waals surface area contributed by atoms with Gasteiger partial charge in [0.25, 0.3) is 0 Å². The van der Waals surface area contributed by atoms with Gasteiger partial charge in [0.1, 0.15) is 0 Å². The van der Waals surface area contributed by atoms with Crippen LogP contribution in [-0.2, 0) is 11.3 Å². The van der Waals surface area contributed by atoms with Gasteiger partial charge in [0.2, 0.25) is 5.91 Å². The van der Waals surface area contributed by atoms with Gasteiger partial charge in [0.05, 0.1) is 0 Å². The standard InChI is InChI=1S/C19H26N2OS/c22-18(17-14-2-1-3-15(14)17)21(11-13-4-9-23-12-13)16-10-19(16)5-7-20-8-6-19/h4,9,12,14-17,20H,1-3,5-8,10-11H2. The fourth-order valence-corrected chi connectivity index (χ4v) is 6.19. The largest absolute Gasteiger partial charge is 0.335 e. The lowest BCUT2D eigenvalue weighted by molar-refractivity contribution is -0.135. The molecule has 3 atom stereocenters. The highest BCUT2D eigenvalue weighted by atomic mass is 32.1. The van der Waals surface area contributed by atoms with Crippen molar-refractivity contribution in [1.82, 2.24) is 10.2 Å². The van der Waals surface area contributed by atoms with Gasteiger partial charge in [0.15, 0.2) is 0 Å². The number of fused-ring (bicyclic) bond motifs is 1. The summed E-state index contributed by atoms with van der Waals surface area (Å²) in [5.41, 5.74) is 1.77. The Morgan fingerprint density at radius 3 is 2.78 bits per heavy atom. The van der Waals surface area contributed by atoms with E-state index in [0.29, 0.717) is 23.3 Å². The lowest BCUT2D eigenvalue weighted by Crippen LogP contribution is -2.40. The summed E-state index contributed by atoms with van der Waals surface area (Å²) in [7, 11) is 0. The highest BCUT2D eigenvalue weighted by molar-refractivity contribution is 7.07. The average molecular weight is 330 g/mol. The van der Waals surface area contributed by atoms with Crippen molar-refractivity contribution in [2.45, 2.75) is 51.1 Å². The number of piperidine rings is 1. The minimum Gasteiger partial charge on any atom is -0.335 e. The Morgan fingerprint density at radius 1 is 1.30 bits per heavy atom. The second-order valence-corrected chi connectivity index (χ2v) is 8.99. The number of hydrogen-bond acceptors (Lipinski definition) is 3. The maximum absolute atomic E-state index is 13.3. The van der Waals surface area contributed by atoms with Gasteiger partial charge >= 0.3 is 0 Å². The van der Waals surface area contributed by atoms with Gasteiger partial charge in [-0.25, -0.2) is 0 Å². The van der Waals surface area contributed by atoms with Gasteiger partial charge < -0.3 is 10.2 Å². The van der Waals surface area contributed by atoms with E-state index in [9.17, 15) is 4.79 Å². The molecule has 3 nitrogen and oxygen atoms in total. The molecule has 4 fully saturated rings. The predicted octanol–water partition coefficient (Wildman–Crippen LogP) is 3.26. The molecule has 1 aromatic rings. The number of nitrogens with zero attached hydrogens (tertiary/aromatic N) is 1. The van der Waals surface area contributed by atoms with E-state index in [1.54, 1.807) is 11.3 Å². The summed E-state index contributed by atoms with van der Waals surface area (Å²) in [6.07, 6.45) is 7.70. The predicted molar refractivity (Wildman–Crippen MR) is 92.1 cm³/mol. The monoisotopic (exact) mass is 330 g/mol. The SMILES string of the molecule is O=C(C1C2CCCC21)N(Cc1ccsc1)C1CC12CCNCC2. The lowest BCUT2D eigenvalue weighted by atomic mass is 9.93. The maximum atomic E-state index is 13.3. The first-order valence-electron chi connectivity index (χ1n) is 9.31. The summed E-state index contributed by atoms with van der Waals surface area (Å²) in [4.78, 5) is 15.6. The molecule has 1 aliphatic heterocycles. The normalized spacial score (nSPS) is 36.7. The number of rotatable bonds is 4. The van der Waals surface area contributed by atoms with E-state index in [-0.39, 0.29) is 0 Å². The molecule has 1 aromatic heterocycles. The summed E-state index contributed by atoms with van der Waals surface area (Å²) >= 11 is 1.75. The molecule has 3 aliphatic carbocycles. The quantitative estimate of drug-likeness (QED) is 0.919. The molecule has 4 aliphatic rings. The van der Waals surface area contributed by atoms with E-state index in [0.717, 1.165) is 31.5 Å². The number of thiophene rings is 1. The Morgan fingerprint density at radius 2 is 2.09 bits per heavy atom. The summed E-state index contributed by atoms with van der Waals surface area (Å²) in [6, 6.07) is 2.70. The topological polar surface area (TPSA) is 32.3 Å². The van der Waals surface area contributed by atoms with E-state index >= 15 is 0 Å². The van der Waals surface area contributed by atoms with Crippen LogP contribution >= 0.6 is 11.3 Å². The molecular formula is C19H26N2OS. The van der Waals surface area contributed by atoms with Gasteiger partial charge in [-0.1, -0.05) is 6.42 Å². The van der Waals surface area contributed by atoms with Crippen molar-refractivity contribution in [1.29, 1.82) is 0 Å². The molecule has 1 amide bonds. The number of carbonyl (C=O) groups is 1. The highest BCUT2D eigenvalue weighted by Gasteiger charge is 2.62. The molecule has 0 aromatic carbocycles. The Bertz CT molecular complexity index is 583. The van der Waals surface area contributed by atoms with E-state index in [1.807, 2.05) is 0 Å². The molecule has 23 heavy (non-hydrogen) atoms. The second kappa shape index (κ2) is 5.32. The van der Waals surface area contributed by atoms with Gasteiger partial charge in [-0.3, -0.25) is 4.79 Å². The molecular weight excluding hydrogens is 304 g/mol. The molecule has 0 radical (unpaired) electrons. The van der Waals surface area contributed by atoms with Crippen molar-refractivity contribution in [2.24, 2.45) is 23.2 Å². The molecule has 3 unspecified atom stereocenters. The molecule has 1 N–H and O–H groups in total. The Labute approximate surface area is 142 Å². The van der Waals surface area contributed by atoms with Crippen LogP contribution in [0, 0.1) is 23.2 Å². The minimum atomic E-state index is 0.377. The van der Waals surface area contributed by atoms with Crippen LogP contribution in [0.3, 0.4) is 0 Å². The van der Waals surface area contributed by atoms with E-state index in [2.05, 4.69) is 27.0 Å². The van der Waals surface area contributed by atoms with Crippen molar-refractivity contribution in [3.8, 4) is 0 Å². The van der Waals surface area contributed by atoms with Crippen molar-refractivity contribution in [2.75, 3.05) is 13.1 Å². The Hall–Kier alpha value is -0.870. The third kappa shape index (κ3) is 2.37. The fourth-order valence-electron chi connectivity index (χ4n) is 5.53. The molecule has 1 saturated heterocycles. The summed E-state index contributed by atoms with van der Waals surface area (Å²) < 4.78 is 0. The number of carbonyl (C=O) groups excluding carboxylic acids is 1. The average Bonchev–Trinajstić information content (AvgIpc) is 3.23. The molecule has 3 saturated carbocycles. The number of nitrogens with one attached hydrogen (secondary N) is 1. The number of hydrogen-bond donors (Lipinski definition) is 1. The Balaban J connectivity index is 1.35. The van der Waals surface area contributed by atoms with Crippen LogP contribution in [0.25, 0.3) is 0 Å². The van der Waals surface area contributed by atoms with E-state index in [4.69, 9.17) is 0 Å².